The van der Waals surface area contributed by atoms with E-state index in [1.165, 1.54) is 26.4 Å². The number of benzene rings is 1. The fourth-order valence-corrected chi connectivity index (χ4v) is 4.21. The Morgan fingerprint density at radius 1 is 1.33 bits per heavy atom. The topological polar surface area (TPSA) is 93.1 Å². The number of nitrogens with zero attached hydrogens (tertiary/aromatic N) is 1. The molecule has 0 aliphatic carbocycles. The van der Waals surface area contributed by atoms with E-state index in [2.05, 4.69) is 0 Å². The van der Waals surface area contributed by atoms with E-state index in [0.717, 1.165) is 4.31 Å². The summed E-state index contributed by atoms with van der Waals surface area (Å²) in [6, 6.07) is 3.37. The van der Waals surface area contributed by atoms with Crippen LogP contribution < -0.4 is 9.47 Å². The summed E-state index contributed by atoms with van der Waals surface area (Å²) in [7, 11) is -1.18. The number of aliphatic carboxylic acids is 1. The molecule has 0 spiro atoms. The fourth-order valence-electron chi connectivity index (χ4n) is 2.39. The van der Waals surface area contributed by atoms with Crippen molar-refractivity contribution in [3.63, 3.8) is 0 Å². The first-order valence-electron chi connectivity index (χ1n) is 6.38. The monoisotopic (exact) mass is 315 g/mol. The Hall–Kier alpha value is -1.80. The SMILES string of the molecule is COc1ccc(OC)c(S(=O)(=O)N2CCCC2C(=O)O)c1. The smallest absolute Gasteiger partial charge is 0.322 e. The number of carboxylic acid groups (broad SMARTS) is 1. The highest BCUT2D eigenvalue weighted by Gasteiger charge is 2.40. The molecule has 1 aliphatic rings. The minimum atomic E-state index is -3.96. The number of carboxylic acids is 1. The van der Waals surface area contributed by atoms with Crippen LogP contribution in [-0.2, 0) is 14.8 Å². The zero-order chi connectivity index (χ0) is 15.6. The Morgan fingerprint density at radius 3 is 2.62 bits per heavy atom. The third-order valence-electron chi connectivity index (χ3n) is 3.45. The van der Waals surface area contributed by atoms with E-state index in [0.29, 0.717) is 18.6 Å². The van der Waals surface area contributed by atoms with Gasteiger partial charge in [-0.2, -0.15) is 4.31 Å². The Bertz CT molecular complexity index is 642. The largest absolute Gasteiger partial charge is 0.497 e. The molecule has 21 heavy (non-hydrogen) atoms. The lowest BCUT2D eigenvalue weighted by atomic mass is 10.2. The van der Waals surface area contributed by atoms with Crippen LogP contribution in [0.15, 0.2) is 23.1 Å². The van der Waals surface area contributed by atoms with E-state index < -0.39 is 22.0 Å². The van der Waals surface area contributed by atoms with Crippen LogP contribution in [0.3, 0.4) is 0 Å². The first-order chi connectivity index (χ1) is 9.91. The highest BCUT2D eigenvalue weighted by molar-refractivity contribution is 7.89. The van der Waals surface area contributed by atoms with Crippen LogP contribution in [0.5, 0.6) is 11.5 Å². The molecular formula is C13H17NO6S. The summed E-state index contributed by atoms with van der Waals surface area (Å²) >= 11 is 0. The molecule has 1 unspecified atom stereocenters. The van der Waals surface area contributed by atoms with Crippen molar-refractivity contribution in [2.24, 2.45) is 0 Å². The molecule has 2 rings (SSSR count). The van der Waals surface area contributed by atoms with Gasteiger partial charge >= 0.3 is 5.97 Å². The van der Waals surface area contributed by atoms with E-state index in [1.54, 1.807) is 6.07 Å². The number of sulfonamides is 1. The summed E-state index contributed by atoms with van der Waals surface area (Å²) in [5.41, 5.74) is 0. The summed E-state index contributed by atoms with van der Waals surface area (Å²) in [6.45, 7) is 0.180. The molecule has 8 heteroatoms. The van der Waals surface area contributed by atoms with Gasteiger partial charge in [-0.25, -0.2) is 8.42 Å². The second-order valence-corrected chi connectivity index (χ2v) is 6.49. The Kier molecular flexibility index (Phi) is 4.38. The molecule has 0 radical (unpaired) electrons. The average Bonchev–Trinajstić information content (AvgIpc) is 2.97. The first-order valence-corrected chi connectivity index (χ1v) is 7.82. The quantitative estimate of drug-likeness (QED) is 0.869. The summed E-state index contributed by atoms with van der Waals surface area (Å²) in [5, 5.41) is 9.16. The maximum Gasteiger partial charge on any atom is 0.322 e. The lowest BCUT2D eigenvalue weighted by molar-refractivity contribution is -0.140. The van der Waals surface area contributed by atoms with E-state index in [9.17, 15) is 13.2 Å². The normalized spacial score (nSPS) is 19.4. The summed E-state index contributed by atoms with van der Waals surface area (Å²) in [4.78, 5) is 11.1. The highest BCUT2D eigenvalue weighted by Crippen LogP contribution is 2.33. The number of rotatable bonds is 5. The van der Waals surface area contributed by atoms with Crippen molar-refractivity contribution >= 4 is 16.0 Å². The van der Waals surface area contributed by atoms with Crippen molar-refractivity contribution < 1.29 is 27.8 Å². The zero-order valence-corrected chi connectivity index (χ0v) is 12.6. The third-order valence-corrected chi connectivity index (χ3v) is 5.38. The highest BCUT2D eigenvalue weighted by atomic mass is 32.2. The summed E-state index contributed by atoms with van der Waals surface area (Å²) in [6.07, 6.45) is 0.823. The molecule has 0 amide bonds. The molecular weight excluding hydrogens is 298 g/mol. The van der Waals surface area contributed by atoms with Crippen molar-refractivity contribution in [3.8, 4) is 11.5 Å². The van der Waals surface area contributed by atoms with Crippen LogP contribution in [0.2, 0.25) is 0 Å². The molecule has 1 saturated heterocycles. The van der Waals surface area contributed by atoms with E-state index in [-0.39, 0.29) is 17.2 Å². The Balaban J connectivity index is 2.50. The molecule has 0 bridgehead atoms. The second-order valence-electron chi connectivity index (χ2n) is 4.63. The van der Waals surface area contributed by atoms with Gasteiger partial charge in [-0.05, 0) is 25.0 Å². The van der Waals surface area contributed by atoms with Gasteiger partial charge in [-0.15, -0.1) is 0 Å². The average molecular weight is 315 g/mol. The minimum absolute atomic E-state index is 0.0856. The van der Waals surface area contributed by atoms with E-state index in [4.69, 9.17) is 14.6 Å². The minimum Gasteiger partial charge on any atom is -0.497 e. The Labute approximate surface area is 123 Å². The molecule has 1 heterocycles. The number of carbonyl (C=O) groups is 1. The van der Waals surface area contributed by atoms with E-state index in [1.807, 2.05) is 0 Å². The predicted octanol–water partition coefficient (Wildman–Crippen LogP) is 0.941. The van der Waals surface area contributed by atoms with Crippen LogP contribution in [-0.4, -0.2) is 50.6 Å². The predicted molar refractivity (Wildman–Crippen MR) is 74.1 cm³/mol. The van der Waals surface area contributed by atoms with Crippen molar-refractivity contribution in [3.05, 3.63) is 18.2 Å². The maximum absolute atomic E-state index is 12.7. The lowest BCUT2D eigenvalue weighted by Gasteiger charge is -2.22. The van der Waals surface area contributed by atoms with Crippen LogP contribution in [0.25, 0.3) is 0 Å². The molecule has 1 aliphatic heterocycles. The van der Waals surface area contributed by atoms with Gasteiger partial charge in [-0.3, -0.25) is 4.79 Å². The zero-order valence-electron chi connectivity index (χ0n) is 11.8. The van der Waals surface area contributed by atoms with Gasteiger partial charge in [-0.1, -0.05) is 0 Å². The molecule has 0 saturated carbocycles. The Morgan fingerprint density at radius 2 is 2.05 bits per heavy atom. The molecule has 0 aromatic heterocycles. The molecule has 1 N–H and O–H groups in total. The maximum atomic E-state index is 12.7. The second kappa shape index (κ2) is 5.90. The van der Waals surface area contributed by atoms with Gasteiger partial charge in [0, 0.05) is 12.6 Å². The number of hydrogen-bond donors (Lipinski definition) is 1. The van der Waals surface area contributed by atoms with Gasteiger partial charge in [0.15, 0.2) is 0 Å². The van der Waals surface area contributed by atoms with Crippen LogP contribution in [0.4, 0.5) is 0 Å². The number of ether oxygens (including phenoxy) is 2. The van der Waals surface area contributed by atoms with Gasteiger partial charge < -0.3 is 14.6 Å². The fraction of sp³-hybridized carbons (Fsp3) is 0.462. The molecule has 7 nitrogen and oxygen atoms in total. The van der Waals surface area contributed by atoms with E-state index >= 15 is 0 Å². The molecule has 1 atom stereocenters. The standard InChI is InChI=1S/C13H17NO6S/c1-19-9-5-6-11(20-2)12(8-9)21(17,18)14-7-3-4-10(14)13(15)16/h5-6,8,10H,3-4,7H2,1-2H3,(H,15,16). The molecule has 1 aromatic carbocycles. The van der Waals surface area contributed by atoms with Gasteiger partial charge in [0.05, 0.1) is 14.2 Å². The van der Waals surface area contributed by atoms with Crippen LogP contribution >= 0.6 is 0 Å². The van der Waals surface area contributed by atoms with Gasteiger partial charge in [0.1, 0.15) is 22.4 Å². The van der Waals surface area contributed by atoms with Crippen LogP contribution in [0.1, 0.15) is 12.8 Å². The van der Waals surface area contributed by atoms with Crippen molar-refractivity contribution in [2.45, 2.75) is 23.8 Å². The molecule has 116 valence electrons. The third kappa shape index (κ3) is 2.81. The first kappa shape index (κ1) is 15.6. The van der Waals surface area contributed by atoms with Crippen molar-refractivity contribution in [1.82, 2.24) is 4.31 Å². The summed E-state index contributed by atoms with van der Waals surface area (Å²) in [5.74, 6) is -0.620. The molecule has 1 aromatic rings. The van der Waals surface area contributed by atoms with Crippen molar-refractivity contribution in [2.75, 3.05) is 20.8 Å². The lowest BCUT2D eigenvalue weighted by Crippen LogP contribution is -2.40. The molecule has 1 fully saturated rings. The van der Waals surface area contributed by atoms with Gasteiger partial charge in [0.25, 0.3) is 0 Å². The van der Waals surface area contributed by atoms with Crippen molar-refractivity contribution in [1.29, 1.82) is 0 Å². The summed E-state index contributed by atoms with van der Waals surface area (Å²) < 4.78 is 36.6. The van der Waals surface area contributed by atoms with Crippen LogP contribution in [0, 0.1) is 0 Å². The van der Waals surface area contributed by atoms with Gasteiger partial charge in [0.2, 0.25) is 10.0 Å². The number of hydrogen-bond acceptors (Lipinski definition) is 5. The number of methoxy groups -OCH3 is 2.